The minimum atomic E-state index is -0.652. The van der Waals surface area contributed by atoms with E-state index < -0.39 is 11.8 Å². The molecule has 1 aliphatic heterocycles. The standard InChI is InChI=1S/C26H16Cl2IN3O4S/c1-35-21-11-14(10-19(29)23(21)36-13-16-6-3-2-5-15(16)12-30)9-17-24(33)31-26(37)32(25(17)34)20-8-4-7-18(27)22(20)28/h2-11H,13H2,1H3,(H,31,33,37)/b17-9+. The van der Waals surface area contributed by atoms with Crippen molar-refractivity contribution in [2.24, 2.45) is 0 Å². The number of carbonyl (C=O) groups is 2. The third-order valence-electron chi connectivity index (χ3n) is 5.35. The van der Waals surface area contributed by atoms with E-state index in [4.69, 9.17) is 44.9 Å². The van der Waals surface area contributed by atoms with Gasteiger partial charge in [-0.3, -0.25) is 19.8 Å². The molecule has 2 amide bonds. The first-order chi connectivity index (χ1) is 17.7. The van der Waals surface area contributed by atoms with Crippen molar-refractivity contribution in [2.45, 2.75) is 6.61 Å². The van der Waals surface area contributed by atoms with Crippen molar-refractivity contribution in [3.05, 3.63) is 90.5 Å². The number of amides is 2. The van der Waals surface area contributed by atoms with E-state index in [9.17, 15) is 14.9 Å². The van der Waals surface area contributed by atoms with Crippen LogP contribution in [0, 0.1) is 14.9 Å². The first-order valence-electron chi connectivity index (χ1n) is 10.6. The zero-order chi connectivity index (χ0) is 26.7. The Morgan fingerprint density at radius 2 is 1.92 bits per heavy atom. The highest BCUT2D eigenvalue weighted by atomic mass is 127. The van der Waals surface area contributed by atoms with Crippen LogP contribution in [0.15, 0.2) is 60.2 Å². The lowest BCUT2D eigenvalue weighted by Crippen LogP contribution is -2.54. The quantitative estimate of drug-likeness (QED) is 0.153. The molecule has 0 spiro atoms. The number of hydrogen-bond acceptors (Lipinski definition) is 6. The highest BCUT2D eigenvalue weighted by Crippen LogP contribution is 2.37. The molecule has 4 rings (SSSR count). The number of ether oxygens (including phenoxy) is 2. The number of carbonyl (C=O) groups excluding carboxylic acids is 2. The molecule has 0 bridgehead atoms. The second kappa shape index (κ2) is 11.5. The third kappa shape index (κ3) is 5.57. The van der Waals surface area contributed by atoms with Gasteiger partial charge in [-0.2, -0.15) is 5.26 Å². The van der Waals surface area contributed by atoms with Crippen LogP contribution >= 0.6 is 58.0 Å². The van der Waals surface area contributed by atoms with Crippen molar-refractivity contribution in [3.63, 3.8) is 0 Å². The maximum absolute atomic E-state index is 13.4. The van der Waals surface area contributed by atoms with E-state index >= 15 is 0 Å². The number of anilines is 1. The summed E-state index contributed by atoms with van der Waals surface area (Å²) in [5, 5.41) is 12.1. The third-order valence-corrected chi connectivity index (χ3v) is 7.24. The SMILES string of the molecule is COc1cc(/C=C2\C(=O)NC(=S)N(c3cccc(Cl)c3Cl)C2=O)cc(I)c1OCc1ccccc1C#N. The maximum atomic E-state index is 13.4. The number of thiocarbonyl (C=S) groups is 1. The number of nitrogens with zero attached hydrogens (tertiary/aromatic N) is 2. The molecule has 1 heterocycles. The molecule has 1 saturated heterocycles. The summed E-state index contributed by atoms with van der Waals surface area (Å²) in [5.41, 5.74) is 1.87. The number of nitriles is 1. The van der Waals surface area contributed by atoms with Gasteiger partial charge in [-0.1, -0.05) is 47.5 Å². The molecule has 3 aromatic rings. The summed E-state index contributed by atoms with van der Waals surface area (Å²) in [5.74, 6) is -0.444. The second-order valence-corrected chi connectivity index (χ2v) is 9.96. The van der Waals surface area contributed by atoms with Gasteiger partial charge in [0.2, 0.25) is 0 Å². The van der Waals surface area contributed by atoms with Crippen LogP contribution in [0.25, 0.3) is 6.08 Å². The number of hydrogen-bond donors (Lipinski definition) is 1. The van der Waals surface area contributed by atoms with Gasteiger partial charge >= 0.3 is 0 Å². The molecule has 0 atom stereocenters. The Balaban J connectivity index is 1.67. The van der Waals surface area contributed by atoms with E-state index in [1.807, 2.05) is 12.1 Å². The van der Waals surface area contributed by atoms with Gasteiger partial charge < -0.3 is 9.47 Å². The maximum Gasteiger partial charge on any atom is 0.270 e. The van der Waals surface area contributed by atoms with Gasteiger partial charge in [0, 0.05) is 5.56 Å². The summed E-state index contributed by atoms with van der Waals surface area (Å²) in [6, 6.07) is 17.5. The highest BCUT2D eigenvalue weighted by molar-refractivity contribution is 14.1. The van der Waals surface area contributed by atoms with Crippen LogP contribution in [-0.4, -0.2) is 24.0 Å². The first-order valence-corrected chi connectivity index (χ1v) is 12.8. The molecule has 1 N–H and O–H groups in total. The molecule has 7 nitrogen and oxygen atoms in total. The molecule has 0 unspecified atom stereocenters. The van der Waals surface area contributed by atoms with Crippen molar-refractivity contribution in [2.75, 3.05) is 12.0 Å². The fourth-order valence-corrected chi connectivity index (χ4v) is 5.01. The molecule has 0 aromatic heterocycles. The zero-order valence-electron chi connectivity index (χ0n) is 19.1. The van der Waals surface area contributed by atoms with Crippen LogP contribution in [-0.2, 0) is 16.2 Å². The van der Waals surface area contributed by atoms with E-state index in [-0.39, 0.29) is 33.0 Å². The lowest BCUT2D eigenvalue weighted by atomic mass is 10.1. The minimum absolute atomic E-state index is 0.107. The fourth-order valence-electron chi connectivity index (χ4n) is 3.58. The minimum Gasteiger partial charge on any atom is -0.493 e. The van der Waals surface area contributed by atoms with Gasteiger partial charge in [-0.05, 0) is 76.8 Å². The summed E-state index contributed by atoms with van der Waals surface area (Å²) in [4.78, 5) is 27.2. The van der Waals surface area contributed by atoms with Crippen molar-refractivity contribution in [1.82, 2.24) is 5.32 Å². The van der Waals surface area contributed by atoms with E-state index in [0.717, 1.165) is 10.5 Å². The molecule has 3 aromatic carbocycles. The molecule has 1 fully saturated rings. The van der Waals surface area contributed by atoms with E-state index in [2.05, 4.69) is 34.0 Å². The van der Waals surface area contributed by atoms with E-state index in [1.54, 1.807) is 42.5 Å². The van der Waals surface area contributed by atoms with E-state index in [1.165, 1.54) is 13.2 Å². The lowest BCUT2D eigenvalue weighted by molar-refractivity contribution is -0.122. The van der Waals surface area contributed by atoms with Crippen LogP contribution in [0.4, 0.5) is 5.69 Å². The van der Waals surface area contributed by atoms with Crippen LogP contribution in [0.2, 0.25) is 10.0 Å². The number of halogens is 3. The van der Waals surface area contributed by atoms with Crippen molar-refractivity contribution < 1.29 is 19.1 Å². The molecule has 0 aliphatic carbocycles. The molecule has 0 saturated carbocycles. The number of methoxy groups -OCH3 is 1. The van der Waals surface area contributed by atoms with Gasteiger partial charge in [0.15, 0.2) is 16.6 Å². The Bertz CT molecular complexity index is 1520. The molecule has 37 heavy (non-hydrogen) atoms. The smallest absolute Gasteiger partial charge is 0.270 e. The molecule has 0 radical (unpaired) electrons. The van der Waals surface area contributed by atoms with Gasteiger partial charge in [0.05, 0.1) is 38.0 Å². The second-order valence-electron chi connectivity index (χ2n) is 7.62. The summed E-state index contributed by atoms with van der Waals surface area (Å²) in [6.07, 6.45) is 1.43. The molecule has 11 heteroatoms. The largest absolute Gasteiger partial charge is 0.493 e. The summed E-state index contributed by atoms with van der Waals surface area (Å²) in [6.45, 7) is 0.157. The van der Waals surface area contributed by atoms with Gasteiger partial charge in [0.1, 0.15) is 12.2 Å². The predicted molar refractivity (Wildman–Crippen MR) is 154 cm³/mol. The van der Waals surface area contributed by atoms with Crippen LogP contribution < -0.4 is 19.7 Å². The summed E-state index contributed by atoms with van der Waals surface area (Å²) < 4.78 is 12.2. The summed E-state index contributed by atoms with van der Waals surface area (Å²) in [7, 11) is 1.48. The van der Waals surface area contributed by atoms with Crippen molar-refractivity contribution >= 4 is 86.7 Å². The Labute approximate surface area is 241 Å². The molecular weight excluding hydrogens is 648 g/mol. The lowest BCUT2D eigenvalue weighted by Gasteiger charge is -2.29. The number of rotatable bonds is 6. The van der Waals surface area contributed by atoms with Crippen molar-refractivity contribution in [3.8, 4) is 17.6 Å². The Kier molecular flexibility index (Phi) is 8.34. The van der Waals surface area contributed by atoms with Crippen molar-refractivity contribution in [1.29, 1.82) is 5.26 Å². The monoisotopic (exact) mass is 663 g/mol. The molecule has 1 aliphatic rings. The Morgan fingerprint density at radius 1 is 1.16 bits per heavy atom. The highest BCUT2D eigenvalue weighted by Gasteiger charge is 2.35. The van der Waals surface area contributed by atoms with Gasteiger partial charge in [-0.25, -0.2) is 0 Å². The topological polar surface area (TPSA) is 91.7 Å². The first kappa shape index (κ1) is 26.9. The molecular formula is C26H16Cl2IN3O4S. The average Bonchev–Trinajstić information content (AvgIpc) is 2.88. The van der Waals surface area contributed by atoms with Gasteiger partial charge in [0.25, 0.3) is 11.8 Å². The van der Waals surface area contributed by atoms with E-state index in [0.29, 0.717) is 26.2 Å². The summed E-state index contributed by atoms with van der Waals surface area (Å²) >= 11 is 19.7. The Morgan fingerprint density at radius 3 is 2.65 bits per heavy atom. The number of benzene rings is 3. The van der Waals surface area contributed by atoms with Crippen LogP contribution in [0.3, 0.4) is 0 Å². The Hall–Kier alpha value is -3.17. The number of nitrogens with one attached hydrogen (secondary N) is 1. The fraction of sp³-hybridized carbons (Fsp3) is 0.0769. The zero-order valence-corrected chi connectivity index (χ0v) is 23.5. The average molecular weight is 664 g/mol. The van der Waals surface area contributed by atoms with Crippen LogP contribution in [0.1, 0.15) is 16.7 Å². The van der Waals surface area contributed by atoms with Gasteiger partial charge in [-0.15, -0.1) is 0 Å². The van der Waals surface area contributed by atoms with Crippen LogP contribution in [0.5, 0.6) is 11.5 Å². The predicted octanol–water partition coefficient (Wildman–Crippen LogP) is 5.89. The molecule has 186 valence electrons. The normalized spacial score (nSPS) is 14.4.